The van der Waals surface area contributed by atoms with Crippen molar-refractivity contribution in [2.24, 2.45) is 0 Å². The van der Waals surface area contributed by atoms with Gasteiger partial charge in [-0.25, -0.2) is 4.79 Å². The van der Waals surface area contributed by atoms with E-state index in [1.54, 1.807) is 43.5 Å². The molecule has 0 fully saturated rings. The average Bonchev–Trinajstić information content (AvgIpc) is 2.94. The van der Waals surface area contributed by atoms with Gasteiger partial charge in [-0.2, -0.15) is 5.26 Å². The standard InChI is InChI=1S/C21H23N3O4/c1-20(2,3)27-18(25)12-24-14(11-22)7-9-17(24)13-6-8-16-15(10-13)21(4,5)28-19(26)23-16/h6-10H,12H2,1-5H3,(H,23,26). The van der Waals surface area contributed by atoms with Crippen molar-refractivity contribution in [3.8, 4) is 17.3 Å². The number of fused-ring (bicyclic) bond motifs is 1. The maximum Gasteiger partial charge on any atom is 0.412 e. The molecule has 3 rings (SSSR count). The molecule has 2 heterocycles. The molecular weight excluding hydrogens is 358 g/mol. The minimum absolute atomic E-state index is 0.0732. The molecule has 0 radical (unpaired) electrons. The monoisotopic (exact) mass is 381 g/mol. The number of nitrogens with one attached hydrogen (secondary N) is 1. The summed E-state index contributed by atoms with van der Waals surface area (Å²) in [5, 5.41) is 12.1. The van der Waals surface area contributed by atoms with E-state index in [2.05, 4.69) is 11.4 Å². The maximum absolute atomic E-state index is 12.3. The van der Waals surface area contributed by atoms with Crippen LogP contribution in [-0.2, 0) is 26.4 Å². The topological polar surface area (TPSA) is 93.3 Å². The largest absolute Gasteiger partial charge is 0.459 e. The Morgan fingerprint density at radius 2 is 2.00 bits per heavy atom. The van der Waals surface area contributed by atoms with Crippen LogP contribution in [0.25, 0.3) is 11.3 Å². The number of rotatable bonds is 3. The van der Waals surface area contributed by atoms with Gasteiger partial charge in [0.25, 0.3) is 0 Å². The number of hydrogen-bond acceptors (Lipinski definition) is 5. The Balaban J connectivity index is 2.02. The quantitative estimate of drug-likeness (QED) is 0.806. The molecule has 0 aliphatic carbocycles. The minimum atomic E-state index is -0.797. The number of carbonyl (C=O) groups is 2. The Morgan fingerprint density at radius 1 is 1.29 bits per heavy atom. The van der Waals surface area contributed by atoms with Crippen LogP contribution in [0.3, 0.4) is 0 Å². The molecule has 0 saturated heterocycles. The van der Waals surface area contributed by atoms with Crippen molar-refractivity contribution in [3.05, 3.63) is 41.6 Å². The molecule has 28 heavy (non-hydrogen) atoms. The van der Waals surface area contributed by atoms with E-state index in [0.29, 0.717) is 17.1 Å². The number of aromatic nitrogens is 1. The first-order chi connectivity index (χ1) is 13.0. The molecule has 1 N–H and O–H groups in total. The molecule has 0 atom stereocenters. The van der Waals surface area contributed by atoms with E-state index in [1.807, 2.05) is 26.0 Å². The van der Waals surface area contributed by atoms with E-state index in [4.69, 9.17) is 9.47 Å². The minimum Gasteiger partial charge on any atom is -0.459 e. The lowest BCUT2D eigenvalue weighted by Crippen LogP contribution is -2.34. The molecular formula is C21H23N3O4. The van der Waals surface area contributed by atoms with Gasteiger partial charge in [-0.1, -0.05) is 6.07 Å². The maximum atomic E-state index is 12.3. The summed E-state index contributed by atoms with van der Waals surface area (Å²) in [7, 11) is 0. The Kier molecular flexibility index (Phi) is 4.67. The van der Waals surface area contributed by atoms with E-state index in [-0.39, 0.29) is 6.54 Å². The van der Waals surface area contributed by atoms with Gasteiger partial charge >= 0.3 is 12.1 Å². The number of hydrogen-bond donors (Lipinski definition) is 1. The second-order valence-electron chi connectivity index (χ2n) is 8.17. The average molecular weight is 381 g/mol. The molecule has 1 aromatic carbocycles. The first-order valence-electron chi connectivity index (χ1n) is 8.96. The molecule has 0 unspecified atom stereocenters. The first kappa shape index (κ1) is 19.5. The third kappa shape index (κ3) is 3.86. The predicted molar refractivity (Wildman–Crippen MR) is 104 cm³/mol. The number of amides is 1. The highest BCUT2D eigenvalue weighted by Crippen LogP contribution is 2.38. The summed E-state index contributed by atoms with van der Waals surface area (Å²) in [6, 6.07) is 11.1. The SMILES string of the molecule is CC(C)(C)OC(=O)Cn1c(C#N)ccc1-c1ccc2c(c1)C(C)(C)OC(=O)N2. The number of esters is 1. The lowest BCUT2D eigenvalue weighted by Gasteiger charge is -2.32. The van der Waals surface area contributed by atoms with Crippen LogP contribution < -0.4 is 5.32 Å². The number of carbonyl (C=O) groups excluding carboxylic acids is 2. The number of nitriles is 1. The van der Waals surface area contributed by atoms with E-state index < -0.39 is 23.3 Å². The molecule has 0 spiro atoms. The van der Waals surface area contributed by atoms with Crippen molar-refractivity contribution in [1.82, 2.24) is 4.57 Å². The van der Waals surface area contributed by atoms with Gasteiger partial charge in [-0.3, -0.25) is 10.1 Å². The van der Waals surface area contributed by atoms with E-state index >= 15 is 0 Å². The van der Waals surface area contributed by atoms with Crippen LogP contribution in [0.1, 0.15) is 45.9 Å². The highest BCUT2D eigenvalue weighted by Gasteiger charge is 2.33. The van der Waals surface area contributed by atoms with Crippen LogP contribution in [0, 0.1) is 11.3 Å². The van der Waals surface area contributed by atoms with Gasteiger partial charge in [-0.05, 0) is 64.4 Å². The molecule has 7 nitrogen and oxygen atoms in total. The van der Waals surface area contributed by atoms with Crippen LogP contribution in [0.15, 0.2) is 30.3 Å². The van der Waals surface area contributed by atoms with Crippen LogP contribution >= 0.6 is 0 Å². The molecule has 0 saturated carbocycles. The van der Waals surface area contributed by atoms with Gasteiger partial charge in [0.2, 0.25) is 0 Å². The van der Waals surface area contributed by atoms with Crippen LogP contribution in [0.2, 0.25) is 0 Å². The Hall–Kier alpha value is -3.27. The van der Waals surface area contributed by atoms with Gasteiger partial charge in [0.1, 0.15) is 29.5 Å². The number of cyclic esters (lactones) is 1. The fraction of sp³-hybridized carbons (Fsp3) is 0.381. The highest BCUT2D eigenvalue weighted by atomic mass is 16.6. The highest BCUT2D eigenvalue weighted by molar-refractivity contribution is 5.89. The summed E-state index contributed by atoms with van der Waals surface area (Å²) < 4.78 is 12.4. The number of nitrogens with zero attached hydrogens (tertiary/aromatic N) is 2. The van der Waals surface area contributed by atoms with Crippen molar-refractivity contribution in [3.63, 3.8) is 0 Å². The van der Waals surface area contributed by atoms with Crippen molar-refractivity contribution in [2.75, 3.05) is 5.32 Å². The van der Waals surface area contributed by atoms with Crippen LogP contribution in [-0.4, -0.2) is 22.2 Å². The zero-order valence-corrected chi connectivity index (χ0v) is 16.6. The van der Waals surface area contributed by atoms with Crippen molar-refractivity contribution in [1.29, 1.82) is 5.26 Å². The summed E-state index contributed by atoms with van der Waals surface area (Å²) in [4.78, 5) is 24.0. The fourth-order valence-electron chi connectivity index (χ4n) is 3.22. The second-order valence-corrected chi connectivity index (χ2v) is 8.17. The van der Waals surface area contributed by atoms with Gasteiger partial charge in [-0.15, -0.1) is 0 Å². The van der Waals surface area contributed by atoms with Crippen LogP contribution in [0.4, 0.5) is 10.5 Å². The predicted octanol–water partition coefficient (Wildman–Crippen LogP) is 4.17. The zero-order chi connectivity index (χ0) is 20.7. The van der Waals surface area contributed by atoms with Gasteiger partial charge in [0.15, 0.2) is 0 Å². The molecule has 1 aliphatic heterocycles. The van der Waals surface area contributed by atoms with Gasteiger partial charge < -0.3 is 14.0 Å². The second kappa shape index (κ2) is 6.71. The zero-order valence-electron chi connectivity index (χ0n) is 16.6. The third-order valence-electron chi connectivity index (χ3n) is 4.35. The molecule has 2 aromatic rings. The molecule has 0 bridgehead atoms. The Morgan fingerprint density at radius 3 is 2.64 bits per heavy atom. The summed E-state index contributed by atoms with van der Waals surface area (Å²) in [5.41, 5.74) is 1.96. The summed E-state index contributed by atoms with van der Waals surface area (Å²) in [6.07, 6.45) is -0.495. The smallest absolute Gasteiger partial charge is 0.412 e. The van der Waals surface area contributed by atoms with E-state index in [9.17, 15) is 14.9 Å². The summed E-state index contributed by atoms with van der Waals surface area (Å²) in [5.74, 6) is -0.421. The molecule has 1 amide bonds. The molecule has 7 heteroatoms. The van der Waals surface area contributed by atoms with E-state index in [0.717, 1.165) is 11.1 Å². The van der Waals surface area contributed by atoms with Gasteiger partial charge in [0, 0.05) is 11.3 Å². The van der Waals surface area contributed by atoms with Crippen molar-refractivity contribution in [2.45, 2.75) is 52.4 Å². The lowest BCUT2D eigenvalue weighted by molar-refractivity contribution is -0.155. The summed E-state index contributed by atoms with van der Waals surface area (Å²) in [6.45, 7) is 8.95. The van der Waals surface area contributed by atoms with Gasteiger partial charge in [0.05, 0.1) is 5.69 Å². The number of benzene rings is 1. The number of anilines is 1. The van der Waals surface area contributed by atoms with Crippen molar-refractivity contribution < 1.29 is 19.1 Å². The van der Waals surface area contributed by atoms with Crippen molar-refractivity contribution >= 4 is 17.7 Å². The van der Waals surface area contributed by atoms with Crippen LogP contribution in [0.5, 0.6) is 0 Å². The summed E-state index contributed by atoms with van der Waals surface area (Å²) >= 11 is 0. The number of ether oxygens (including phenoxy) is 2. The Bertz CT molecular complexity index is 990. The normalized spacial score (nSPS) is 15.1. The fourth-order valence-corrected chi connectivity index (χ4v) is 3.22. The van der Waals surface area contributed by atoms with E-state index in [1.165, 1.54) is 0 Å². The first-order valence-corrected chi connectivity index (χ1v) is 8.96. The third-order valence-corrected chi connectivity index (χ3v) is 4.35. The molecule has 1 aromatic heterocycles. The lowest BCUT2D eigenvalue weighted by atomic mass is 9.92. The Labute approximate surface area is 163 Å². The molecule has 146 valence electrons. The molecule has 1 aliphatic rings.